The molecule has 21 heavy (non-hydrogen) atoms. The summed E-state index contributed by atoms with van der Waals surface area (Å²) in [5, 5.41) is 14.9. The van der Waals surface area contributed by atoms with Crippen LogP contribution in [0.15, 0.2) is 41.8 Å². The fraction of sp³-hybridized carbons (Fsp3) is 0.312. The smallest absolute Gasteiger partial charge is 0.220 e. The van der Waals surface area contributed by atoms with Crippen molar-refractivity contribution in [2.24, 2.45) is 0 Å². The van der Waals surface area contributed by atoms with Crippen molar-refractivity contribution in [3.05, 3.63) is 58.0 Å². The van der Waals surface area contributed by atoms with Crippen molar-refractivity contribution >= 4 is 17.2 Å². The summed E-state index contributed by atoms with van der Waals surface area (Å²) in [7, 11) is 0. The van der Waals surface area contributed by atoms with Crippen molar-refractivity contribution in [1.29, 1.82) is 0 Å². The molecule has 2 aromatic rings. The summed E-state index contributed by atoms with van der Waals surface area (Å²) in [5.41, 5.74) is 0.586. The number of halogens is 1. The number of aliphatic hydroxyl groups excluding tert-OH is 1. The number of carbonyl (C=O) groups is 1. The maximum Gasteiger partial charge on any atom is 0.220 e. The van der Waals surface area contributed by atoms with E-state index in [-0.39, 0.29) is 11.7 Å². The Hall–Kier alpha value is -1.72. The molecule has 1 amide bonds. The summed E-state index contributed by atoms with van der Waals surface area (Å²) in [6, 6.07) is 9.16. The van der Waals surface area contributed by atoms with Crippen LogP contribution in [0.3, 0.4) is 0 Å². The van der Waals surface area contributed by atoms with Gasteiger partial charge in [0.1, 0.15) is 5.82 Å². The zero-order chi connectivity index (χ0) is 15.2. The predicted octanol–water partition coefficient (Wildman–Crippen LogP) is 3.06. The first-order valence-electron chi connectivity index (χ1n) is 6.81. The molecule has 0 aliphatic rings. The Bertz CT molecular complexity index is 568. The van der Waals surface area contributed by atoms with Gasteiger partial charge in [-0.15, -0.1) is 11.3 Å². The number of amides is 1. The number of benzene rings is 1. The monoisotopic (exact) mass is 307 g/mol. The molecular weight excluding hydrogens is 289 g/mol. The van der Waals surface area contributed by atoms with Crippen LogP contribution < -0.4 is 5.32 Å². The highest BCUT2D eigenvalue weighted by Crippen LogP contribution is 2.17. The van der Waals surface area contributed by atoms with Gasteiger partial charge in [0.2, 0.25) is 5.91 Å². The van der Waals surface area contributed by atoms with E-state index >= 15 is 0 Å². The lowest BCUT2D eigenvalue weighted by atomic mass is 10.0. The molecule has 0 bridgehead atoms. The lowest BCUT2D eigenvalue weighted by Crippen LogP contribution is -2.37. The van der Waals surface area contributed by atoms with E-state index in [2.05, 4.69) is 5.32 Å². The molecule has 2 atom stereocenters. The Morgan fingerprint density at radius 3 is 2.67 bits per heavy atom. The Morgan fingerprint density at radius 1 is 1.33 bits per heavy atom. The fourth-order valence-corrected chi connectivity index (χ4v) is 2.75. The van der Waals surface area contributed by atoms with E-state index in [0.717, 1.165) is 4.88 Å². The molecular formula is C16H18FNO2S. The number of rotatable bonds is 6. The Labute approximate surface area is 127 Å². The molecule has 1 aromatic carbocycles. The number of aryl methyl sites for hydroxylation is 1. The van der Waals surface area contributed by atoms with Crippen LogP contribution in [0.25, 0.3) is 0 Å². The van der Waals surface area contributed by atoms with Gasteiger partial charge in [0.15, 0.2) is 0 Å². The number of nitrogens with one attached hydrogen (secondary N) is 1. The van der Waals surface area contributed by atoms with E-state index in [1.54, 1.807) is 18.3 Å². The standard InChI is InChI=1S/C16H18FNO2S/c1-11(16(20)12-4-6-13(17)7-5-12)18-15(19)9-8-14-3-2-10-21-14/h2-7,10-11,16,20H,8-9H2,1H3,(H,18,19). The SMILES string of the molecule is CC(NC(=O)CCc1cccs1)C(O)c1ccc(F)cc1. The van der Waals surface area contributed by atoms with E-state index in [4.69, 9.17) is 0 Å². The van der Waals surface area contributed by atoms with Gasteiger partial charge in [-0.25, -0.2) is 4.39 Å². The zero-order valence-electron chi connectivity index (χ0n) is 11.8. The molecule has 2 N–H and O–H groups in total. The normalized spacial score (nSPS) is 13.7. The molecule has 112 valence electrons. The molecule has 0 spiro atoms. The van der Waals surface area contributed by atoms with Crippen molar-refractivity contribution in [2.75, 3.05) is 0 Å². The van der Waals surface area contributed by atoms with E-state index in [1.165, 1.54) is 24.3 Å². The van der Waals surface area contributed by atoms with Crippen LogP contribution in [0.4, 0.5) is 4.39 Å². The van der Waals surface area contributed by atoms with Gasteiger partial charge in [0, 0.05) is 11.3 Å². The molecule has 0 radical (unpaired) electrons. The molecule has 0 aliphatic heterocycles. The van der Waals surface area contributed by atoms with Gasteiger partial charge in [-0.2, -0.15) is 0 Å². The second-order valence-corrected chi connectivity index (χ2v) is 5.96. The molecule has 3 nitrogen and oxygen atoms in total. The number of aliphatic hydroxyl groups is 1. The van der Waals surface area contributed by atoms with Crippen LogP contribution in [-0.4, -0.2) is 17.1 Å². The summed E-state index contributed by atoms with van der Waals surface area (Å²) >= 11 is 1.62. The average Bonchev–Trinajstić information content (AvgIpc) is 2.98. The van der Waals surface area contributed by atoms with Gasteiger partial charge in [-0.3, -0.25) is 4.79 Å². The highest BCUT2D eigenvalue weighted by molar-refractivity contribution is 7.09. The van der Waals surface area contributed by atoms with Crippen molar-refractivity contribution in [3.8, 4) is 0 Å². The largest absolute Gasteiger partial charge is 0.386 e. The summed E-state index contributed by atoms with van der Waals surface area (Å²) in [6.45, 7) is 1.73. The molecule has 0 aliphatic carbocycles. The number of hydrogen-bond acceptors (Lipinski definition) is 3. The quantitative estimate of drug-likeness (QED) is 0.862. The minimum Gasteiger partial charge on any atom is -0.386 e. The lowest BCUT2D eigenvalue weighted by molar-refractivity contribution is -0.122. The molecule has 1 heterocycles. The first-order valence-corrected chi connectivity index (χ1v) is 7.69. The highest BCUT2D eigenvalue weighted by Gasteiger charge is 2.18. The van der Waals surface area contributed by atoms with Gasteiger partial charge < -0.3 is 10.4 Å². The third-order valence-corrected chi connectivity index (χ3v) is 4.19. The summed E-state index contributed by atoms with van der Waals surface area (Å²) < 4.78 is 12.8. The van der Waals surface area contributed by atoms with Crippen LogP contribution in [0.5, 0.6) is 0 Å². The average molecular weight is 307 g/mol. The minimum atomic E-state index is -0.851. The van der Waals surface area contributed by atoms with Crippen molar-refractivity contribution in [1.82, 2.24) is 5.32 Å². The van der Waals surface area contributed by atoms with Crippen LogP contribution >= 0.6 is 11.3 Å². The summed E-state index contributed by atoms with van der Waals surface area (Å²) in [6.07, 6.45) is 0.236. The molecule has 2 unspecified atom stereocenters. The Morgan fingerprint density at radius 2 is 2.05 bits per heavy atom. The van der Waals surface area contributed by atoms with Crippen LogP contribution in [0.1, 0.15) is 29.9 Å². The first kappa shape index (κ1) is 15.7. The van der Waals surface area contributed by atoms with Gasteiger partial charge in [-0.1, -0.05) is 18.2 Å². The molecule has 0 saturated heterocycles. The number of hydrogen-bond donors (Lipinski definition) is 2. The first-order chi connectivity index (χ1) is 10.1. The van der Waals surface area contributed by atoms with E-state index in [0.29, 0.717) is 18.4 Å². The van der Waals surface area contributed by atoms with E-state index in [1.807, 2.05) is 17.5 Å². The van der Waals surface area contributed by atoms with Crippen LogP contribution in [0.2, 0.25) is 0 Å². The maximum absolute atomic E-state index is 12.8. The Balaban J connectivity index is 1.83. The van der Waals surface area contributed by atoms with Gasteiger partial charge >= 0.3 is 0 Å². The van der Waals surface area contributed by atoms with E-state index in [9.17, 15) is 14.3 Å². The number of carbonyl (C=O) groups excluding carboxylic acids is 1. The van der Waals surface area contributed by atoms with Gasteiger partial charge in [0.25, 0.3) is 0 Å². The van der Waals surface area contributed by atoms with Crippen molar-refractivity contribution in [2.45, 2.75) is 31.9 Å². The Kier molecular flexibility index (Phi) is 5.47. The summed E-state index contributed by atoms with van der Waals surface area (Å²) in [5.74, 6) is -0.448. The molecule has 2 rings (SSSR count). The number of thiophene rings is 1. The van der Waals surface area contributed by atoms with Crippen molar-refractivity contribution in [3.63, 3.8) is 0 Å². The minimum absolute atomic E-state index is 0.0999. The molecule has 0 saturated carbocycles. The lowest BCUT2D eigenvalue weighted by Gasteiger charge is -2.20. The predicted molar refractivity (Wildman–Crippen MR) is 81.6 cm³/mol. The second kappa shape index (κ2) is 7.33. The fourth-order valence-electron chi connectivity index (χ4n) is 2.05. The van der Waals surface area contributed by atoms with E-state index < -0.39 is 12.1 Å². The zero-order valence-corrected chi connectivity index (χ0v) is 12.6. The maximum atomic E-state index is 12.8. The highest BCUT2D eigenvalue weighted by atomic mass is 32.1. The third-order valence-electron chi connectivity index (χ3n) is 3.25. The molecule has 5 heteroatoms. The third kappa shape index (κ3) is 4.65. The van der Waals surface area contributed by atoms with Crippen molar-refractivity contribution < 1.29 is 14.3 Å². The van der Waals surface area contributed by atoms with Gasteiger partial charge in [-0.05, 0) is 42.5 Å². The molecule has 0 fully saturated rings. The van der Waals surface area contributed by atoms with Crippen LogP contribution in [-0.2, 0) is 11.2 Å². The summed E-state index contributed by atoms with van der Waals surface area (Å²) in [4.78, 5) is 13.0. The topological polar surface area (TPSA) is 49.3 Å². The molecule has 1 aromatic heterocycles. The second-order valence-electron chi connectivity index (χ2n) is 4.93. The van der Waals surface area contributed by atoms with Crippen LogP contribution in [0, 0.1) is 5.82 Å². The van der Waals surface area contributed by atoms with Gasteiger partial charge in [0.05, 0.1) is 12.1 Å².